The van der Waals surface area contributed by atoms with Crippen molar-refractivity contribution in [2.75, 3.05) is 26.9 Å². The van der Waals surface area contributed by atoms with E-state index in [-0.39, 0.29) is 5.82 Å². The van der Waals surface area contributed by atoms with Gasteiger partial charge in [0.15, 0.2) is 4.77 Å². The Labute approximate surface area is 122 Å². The number of fused-ring (bicyclic) bond motifs is 1. The highest BCUT2D eigenvalue weighted by atomic mass is 32.1. The molecular weight excluding hydrogens is 279 g/mol. The maximum atomic E-state index is 13.3. The van der Waals surface area contributed by atoms with Crippen molar-refractivity contribution in [2.24, 2.45) is 0 Å². The van der Waals surface area contributed by atoms with Gasteiger partial charge in [-0.2, -0.15) is 0 Å². The van der Waals surface area contributed by atoms with E-state index in [1.165, 1.54) is 12.1 Å². The van der Waals surface area contributed by atoms with Crippen molar-refractivity contribution in [1.82, 2.24) is 9.55 Å². The summed E-state index contributed by atoms with van der Waals surface area (Å²) in [7, 11) is 1.65. The highest BCUT2D eigenvalue weighted by molar-refractivity contribution is 7.71. The van der Waals surface area contributed by atoms with E-state index < -0.39 is 0 Å². The van der Waals surface area contributed by atoms with Crippen LogP contribution in [0, 0.1) is 10.6 Å². The summed E-state index contributed by atoms with van der Waals surface area (Å²) >= 11 is 5.27. The second-order valence-corrected chi connectivity index (χ2v) is 4.94. The van der Waals surface area contributed by atoms with E-state index in [2.05, 4.69) is 4.98 Å². The third-order valence-electron chi connectivity index (χ3n) is 3.09. The zero-order valence-electron chi connectivity index (χ0n) is 11.5. The summed E-state index contributed by atoms with van der Waals surface area (Å²) in [6.07, 6.45) is 1.87. The van der Waals surface area contributed by atoms with E-state index in [0.29, 0.717) is 24.6 Å². The highest BCUT2D eigenvalue weighted by Crippen LogP contribution is 2.16. The molecule has 6 heteroatoms. The van der Waals surface area contributed by atoms with Gasteiger partial charge in [-0.05, 0) is 43.3 Å². The first-order valence-corrected chi connectivity index (χ1v) is 7.08. The predicted octanol–water partition coefficient (Wildman–Crippen LogP) is 3.28. The quantitative estimate of drug-likeness (QED) is 0.600. The standard InChI is InChI=1S/C14H19FN2O2S/c1-18-8-9-19-7-3-2-6-17-13-10-11(15)4-5-12(13)16-14(17)20/h4-5,10H,2-3,6-9H2,1H3,(H,16,20). The Hall–Kier alpha value is -1.24. The van der Waals surface area contributed by atoms with Crippen molar-refractivity contribution >= 4 is 23.3 Å². The van der Waals surface area contributed by atoms with Gasteiger partial charge in [-0.3, -0.25) is 0 Å². The molecule has 1 heterocycles. The summed E-state index contributed by atoms with van der Waals surface area (Å²) in [5.41, 5.74) is 1.68. The Bertz CT molecular complexity index is 609. The van der Waals surface area contributed by atoms with Crippen LogP contribution in [-0.2, 0) is 16.0 Å². The Morgan fingerprint density at radius 2 is 2.10 bits per heavy atom. The van der Waals surface area contributed by atoms with Gasteiger partial charge in [0.2, 0.25) is 0 Å². The van der Waals surface area contributed by atoms with Crippen LogP contribution in [-0.4, -0.2) is 36.5 Å². The number of aromatic amines is 1. The van der Waals surface area contributed by atoms with Crippen LogP contribution in [0.3, 0.4) is 0 Å². The monoisotopic (exact) mass is 298 g/mol. The van der Waals surface area contributed by atoms with Crippen molar-refractivity contribution in [3.05, 3.63) is 28.8 Å². The van der Waals surface area contributed by atoms with Crippen molar-refractivity contribution < 1.29 is 13.9 Å². The van der Waals surface area contributed by atoms with Crippen LogP contribution in [0.15, 0.2) is 18.2 Å². The van der Waals surface area contributed by atoms with Gasteiger partial charge >= 0.3 is 0 Å². The van der Waals surface area contributed by atoms with E-state index in [1.807, 2.05) is 4.57 Å². The van der Waals surface area contributed by atoms with Gasteiger partial charge < -0.3 is 19.0 Å². The number of aromatic nitrogens is 2. The van der Waals surface area contributed by atoms with Crippen molar-refractivity contribution in [3.8, 4) is 0 Å². The number of H-pyrrole nitrogens is 1. The molecule has 2 aromatic rings. The normalized spacial score (nSPS) is 11.3. The Kier molecular flexibility index (Phi) is 5.70. The molecule has 0 fully saturated rings. The van der Waals surface area contributed by atoms with Crippen molar-refractivity contribution in [1.29, 1.82) is 0 Å². The molecule has 0 aliphatic rings. The van der Waals surface area contributed by atoms with Gasteiger partial charge in [0.1, 0.15) is 5.82 Å². The second-order valence-electron chi connectivity index (χ2n) is 4.56. The number of halogens is 1. The fraction of sp³-hybridized carbons (Fsp3) is 0.500. The van der Waals surface area contributed by atoms with Crippen molar-refractivity contribution in [3.63, 3.8) is 0 Å². The van der Waals surface area contributed by atoms with Crippen LogP contribution < -0.4 is 0 Å². The number of aryl methyl sites for hydroxylation is 1. The number of benzene rings is 1. The number of ether oxygens (including phenoxy) is 2. The maximum absolute atomic E-state index is 13.3. The predicted molar refractivity (Wildman–Crippen MR) is 79.0 cm³/mol. The van der Waals surface area contributed by atoms with Gasteiger partial charge in [0, 0.05) is 20.3 Å². The Morgan fingerprint density at radius 3 is 2.90 bits per heavy atom. The molecule has 0 bridgehead atoms. The fourth-order valence-electron chi connectivity index (χ4n) is 2.07. The van der Waals surface area contributed by atoms with E-state index in [9.17, 15) is 4.39 Å². The van der Waals surface area contributed by atoms with Gasteiger partial charge in [0.25, 0.3) is 0 Å². The molecule has 1 aromatic heterocycles. The lowest BCUT2D eigenvalue weighted by atomic mass is 10.3. The van der Waals surface area contributed by atoms with E-state index in [4.69, 9.17) is 21.7 Å². The molecule has 0 unspecified atom stereocenters. The number of nitrogens with zero attached hydrogens (tertiary/aromatic N) is 1. The molecule has 4 nitrogen and oxygen atoms in total. The molecule has 1 N–H and O–H groups in total. The molecule has 0 aliphatic carbocycles. The molecule has 0 radical (unpaired) electrons. The molecule has 20 heavy (non-hydrogen) atoms. The number of nitrogens with one attached hydrogen (secondary N) is 1. The number of methoxy groups -OCH3 is 1. The number of hydrogen-bond donors (Lipinski definition) is 1. The van der Waals surface area contributed by atoms with Gasteiger partial charge in [-0.1, -0.05) is 0 Å². The number of imidazole rings is 1. The molecule has 0 aliphatic heterocycles. The Morgan fingerprint density at radius 1 is 1.25 bits per heavy atom. The lowest BCUT2D eigenvalue weighted by molar-refractivity contribution is 0.0684. The van der Waals surface area contributed by atoms with E-state index >= 15 is 0 Å². The van der Waals surface area contributed by atoms with Gasteiger partial charge in [-0.15, -0.1) is 0 Å². The minimum atomic E-state index is -0.247. The van der Waals surface area contributed by atoms with E-state index in [1.54, 1.807) is 13.2 Å². The molecule has 0 amide bonds. The third kappa shape index (κ3) is 3.88. The topological polar surface area (TPSA) is 39.2 Å². The molecule has 2 rings (SSSR count). The number of rotatable bonds is 8. The minimum Gasteiger partial charge on any atom is -0.382 e. The highest BCUT2D eigenvalue weighted by Gasteiger charge is 2.05. The lowest BCUT2D eigenvalue weighted by Crippen LogP contribution is -2.04. The van der Waals surface area contributed by atoms with Crippen LogP contribution in [0.5, 0.6) is 0 Å². The average molecular weight is 298 g/mol. The zero-order valence-corrected chi connectivity index (χ0v) is 12.3. The summed E-state index contributed by atoms with van der Waals surface area (Å²) in [4.78, 5) is 3.09. The van der Waals surface area contributed by atoms with Crippen LogP contribution in [0.2, 0.25) is 0 Å². The summed E-state index contributed by atoms with van der Waals surface area (Å²) in [5, 5.41) is 0. The number of hydrogen-bond acceptors (Lipinski definition) is 3. The van der Waals surface area contributed by atoms with Crippen LogP contribution in [0.1, 0.15) is 12.8 Å². The summed E-state index contributed by atoms with van der Waals surface area (Å²) in [5.74, 6) is -0.247. The number of unbranched alkanes of at least 4 members (excludes halogenated alkanes) is 1. The van der Waals surface area contributed by atoms with E-state index in [0.717, 1.165) is 30.4 Å². The third-order valence-corrected chi connectivity index (χ3v) is 3.41. The van der Waals surface area contributed by atoms with Crippen LogP contribution in [0.4, 0.5) is 4.39 Å². The van der Waals surface area contributed by atoms with Crippen molar-refractivity contribution in [2.45, 2.75) is 19.4 Å². The zero-order chi connectivity index (χ0) is 14.4. The van der Waals surface area contributed by atoms with Crippen LogP contribution in [0.25, 0.3) is 11.0 Å². The SMILES string of the molecule is COCCOCCCCn1c(=S)[nH]c2ccc(F)cc21. The summed E-state index contributed by atoms with van der Waals surface area (Å²) < 4.78 is 26.2. The molecule has 1 aromatic carbocycles. The first-order valence-electron chi connectivity index (χ1n) is 6.67. The molecule has 0 saturated heterocycles. The summed E-state index contributed by atoms with van der Waals surface area (Å²) in [6, 6.07) is 4.66. The smallest absolute Gasteiger partial charge is 0.178 e. The van der Waals surface area contributed by atoms with Gasteiger partial charge in [0.05, 0.1) is 24.2 Å². The largest absolute Gasteiger partial charge is 0.382 e. The molecule has 110 valence electrons. The fourth-order valence-corrected chi connectivity index (χ4v) is 2.37. The molecule has 0 atom stereocenters. The minimum absolute atomic E-state index is 0.247. The summed E-state index contributed by atoms with van der Waals surface area (Å²) in [6.45, 7) is 2.70. The molecule has 0 saturated carbocycles. The lowest BCUT2D eigenvalue weighted by Gasteiger charge is -2.06. The average Bonchev–Trinajstić information content (AvgIpc) is 2.73. The first kappa shape index (κ1) is 15.2. The second kappa shape index (κ2) is 7.52. The van der Waals surface area contributed by atoms with Gasteiger partial charge in [-0.25, -0.2) is 4.39 Å². The van der Waals surface area contributed by atoms with Crippen LogP contribution >= 0.6 is 12.2 Å². The molecule has 0 spiro atoms. The molecular formula is C14H19FN2O2S. The first-order chi connectivity index (χ1) is 9.72. The Balaban J connectivity index is 1.88. The maximum Gasteiger partial charge on any atom is 0.178 e.